The molecule has 0 spiro atoms. The van der Waals surface area contributed by atoms with E-state index >= 15 is 0 Å². The molecule has 4 aromatic rings. The molecule has 13 heteroatoms. The molecule has 0 aliphatic rings. The average Bonchev–Trinajstić information content (AvgIpc) is 2.88. The first kappa shape index (κ1) is 30.4. The van der Waals surface area contributed by atoms with Crippen molar-refractivity contribution in [1.82, 2.24) is 0 Å². The van der Waals surface area contributed by atoms with E-state index in [9.17, 15) is 52.7 Å². The fraction of sp³-hybridized carbons (Fsp3) is 0.143. The third-order valence-electron chi connectivity index (χ3n) is 6.58. The van der Waals surface area contributed by atoms with E-state index < -0.39 is 54.2 Å². The van der Waals surface area contributed by atoms with Crippen molar-refractivity contribution in [3.05, 3.63) is 119 Å². The van der Waals surface area contributed by atoms with Crippen LogP contribution in [0.2, 0.25) is 0 Å². The number of benzene rings is 4. The molecule has 0 heterocycles. The van der Waals surface area contributed by atoms with E-state index in [0.29, 0.717) is 48.5 Å². The summed E-state index contributed by atoms with van der Waals surface area (Å²) < 4.78 is 160. The van der Waals surface area contributed by atoms with Crippen LogP contribution >= 0.6 is 7.26 Å². The maximum absolute atomic E-state index is 13.3. The summed E-state index contributed by atoms with van der Waals surface area (Å²) in [4.78, 5) is 0. The fourth-order valence-corrected chi connectivity index (χ4v) is 9.30. The van der Waals surface area contributed by atoms with Crippen LogP contribution in [-0.4, -0.2) is 0 Å². The Kier molecular flexibility index (Phi) is 7.71. The summed E-state index contributed by atoms with van der Waals surface area (Å²) in [7, 11) is -4.10. The van der Waals surface area contributed by atoms with Gasteiger partial charge < -0.3 is 0 Å². The van der Waals surface area contributed by atoms with E-state index in [1.165, 1.54) is 0 Å². The van der Waals surface area contributed by atoms with Crippen molar-refractivity contribution >= 4 is 28.5 Å². The average molecular weight is 612 g/mol. The second kappa shape index (κ2) is 10.4. The van der Waals surface area contributed by atoms with Crippen molar-refractivity contribution in [3.63, 3.8) is 0 Å². The molecule has 0 atom stereocenters. The first-order chi connectivity index (χ1) is 18.8. The van der Waals surface area contributed by atoms with Crippen LogP contribution in [0.5, 0.6) is 0 Å². The van der Waals surface area contributed by atoms with Crippen LogP contribution in [0, 0.1) is 0 Å². The number of halogens is 12. The van der Waals surface area contributed by atoms with Gasteiger partial charge in [0.15, 0.2) is 0 Å². The molecule has 0 amide bonds. The van der Waals surface area contributed by atoms with Crippen LogP contribution in [0.25, 0.3) is 0 Å². The van der Waals surface area contributed by atoms with Crippen molar-refractivity contribution < 1.29 is 52.7 Å². The van der Waals surface area contributed by atoms with Gasteiger partial charge in [0.25, 0.3) is 0 Å². The molecule has 0 unspecified atom stereocenters. The summed E-state index contributed by atoms with van der Waals surface area (Å²) in [5.41, 5.74) is -4.29. The van der Waals surface area contributed by atoms with E-state index in [4.69, 9.17) is 0 Å². The van der Waals surface area contributed by atoms with Crippen molar-refractivity contribution in [2.24, 2.45) is 0 Å². The Morgan fingerprint density at radius 2 is 0.415 bits per heavy atom. The Hall–Kier alpha value is -3.53. The second-order valence-corrected chi connectivity index (χ2v) is 12.9. The molecule has 0 fully saturated rings. The molecule has 4 rings (SSSR count). The van der Waals surface area contributed by atoms with Crippen LogP contribution in [-0.2, 0) is 24.7 Å². The van der Waals surface area contributed by atoms with E-state index in [0.717, 1.165) is 48.5 Å². The summed E-state index contributed by atoms with van der Waals surface area (Å²) in [5, 5.41) is 0.351. The van der Waals surface area contributed by atoms with Gasteiger partial charge in [0.05, 0.1) is 0 Å². The van der Waals surface area contributed by atoms with Gasteiger partial charge in [0.2, 0.25) is 0 Å². The van der Waals surface area contributed by atoms with Gasteiger partial charge in [-0.15, -0.1) is 0 Å². The van der Waals surface area contributed by atoms with E-state index in [-0.39, 0.29) is 21.2 Å². The van der Waals surface area contributed by atoms with E-state index in [1.54, 1.807) is 0 Å². The molecule has 0 saturated heterocycles. The van der Waals surface area contributed by atoms with Crippen LogP contribution in [0.3, 0.4) is 0 Å². The summed E-state index contributed by atoms with van der Waals surface area (Å²) in [6, 6.07) is 14.0. The molecule has 0 aromatic heterocycles. The molecule has 0 bridgehead atoms. The van der Waals surface area contributed by atoms with Gasteiger partial charge in [0.1, 0.15) is 0 Å². The molecule has 218 valence electrons. The maximum atomic E-state index is 13.3. The molecular formula is C28H17F12P. The molecule has 0 aliphatic carbocycles. The Bertz CT molecular complexity index is 1240. The zero-order chi connectivity index (χ0) is 30.4. The SMILES string of the molecule is FC(F)(F)c1ccc([PH](c2ccc(C(F)(F)F)cc2)(c2ccc(C(F)(F)F)cc2)c2ccc(C(F)(F)F)cc2)cc1. The molecule has 0 aliphatic heterocycles. The molecule has 0 saturated carbocycles. The van der Waals surface area contributed by atoms with Crippen molar-refractivity contribution in [1.29, 1.82) is 0 Å². The topological polar surface area (TPSA) is 0 Å². The third-order valence-corrected chi connectivity index (χ3v) is 11.4. The van der Waals surface area contributed by atoms with Crippen LogP contribution in [0.4, 0.5) is 52.7 Å². The predicted molar refractivity (Wildman–Crippen MR) is 133 cm³/mol. The normalized spacial score (nSPS) is 13.8. The van der Waals surface area contributed by atoms with Crippen LogP contribution in [0.1, 0.15) is 22.3 Å². The summed E-state index contributed by atoms with van der Waals surface area (Å²) in [6.07, 6.45) is -19.1. The van der Waals surface area contributed by atoms with Gasteiger partial charge >= 0.3 is 225 Å². The Labute approximate surface area is 225 Å². The molecule has 4 aromatic carbocycles. The molecule has 0 nitrogen and oxygen atoms in total. The number of alkyl halides is 12. The molecule has 0 radical (unpaired) electrons. The van der Waals surface area contributed by atoms with Gasteiger partial charge in [-0.2, -0.15) is 0 Å². The van der Waals surface area contributed by atoms with Gasteiger partial charge in [-0.05, 0) is 0 Å². The Morgan fingerprint density at radius 3 is 0.537 bits per heavy atom. The van der Waals surface area contributed by atoms with Gasteiger partial charge in [-0.3, -0.25) is 0 Å². The van der Waals surface area contributed by atoms with Crippen LogP contribution in [0.15, 0.2) is 97.1 Å². The predicted octanol–water partition coefficient (Wildman–Crippen LogP) is 8.11. The summed E-state index contributed by atoms with van der Waals surface area (Å²) in [6.45, 7) is 0. The zero-order valence-corrected chi connectivity index (χ0v) is 21.3. The number of hydrogen-bond donors (Lipinski definition) is 0. The number of hydrogen-bond acceptors (Lipinski definition) is 0. The minimum absolute atomic E-state index is 0.0878. The first-order valence-electron chi connectivity index (χ1n) is 11.6. The zero-order valence-electron chi connectivity index (χ0n) is 20.3. The summed E-state index contributed by atoms with van der Waals surface area (Å²) in [5.74, 6) is 0. The van der Waals surface area contributed by atoms with E-state index in [1.807, 2.05) is 0 Å². The Balaban J connectivity index is 2.09. The molecule has 0 N–H and O–H groups in total. The fourth-order valence-electron chi connectivity index (χ4n) is 4.64. The quantitative estimate of drug-likeness (QED) is 0.161. The minimum atomic E-state index is -4.76. The Morgan fingerprint density at radius 1 is 0.268 bits per heavy atom. The van der Waals surface area contributed by atoms with Crippen molar-refractivity contribution in [2.45, 2.75) is 24.7 Å². The molecular weight excluding hydrogens is 595 g/mol. The van der Waals surface area contributed by atoms with Gasteiger partial charge in [-0.25, -0.2) is 0 Å². The monoisotopic (exact) mass is 612 g/mol. The van der Waals surface area contributed by atoms with Crippen molar-refractivity contribution in [3.8, 4) is 0 Å². The van der Waals surface area contributed by atoms with Gasteiger partial charge in [-0.1, -0.05) is 0 Å². The molecule has 41 heavy (non-hydrogen) atoms. The number of rotatable bonds is 4. The van der Waals surface area contributed by atoms with E-state index in [2.05, 4.69) is 0 Å². The second-order valence-electron chi connectivity index (χ2n) is 9.05. The first-order valence-corrected chi connectivity index (χ1v) is 13.6. The standard InChI is InChI=1S/C28H17F12P/c29-25(30,31)17-1-9-21(10-2-17)41(22-11-3-18(4-12-22)26(32,33)34,23-13-5-19(6-14-23)27(35,36)37)24-15-7-20(8-16-24)28(38,39)40/h1-16,41H. The summed E-state index contributed by atoms with van der Waals surface area (Å²) >= 11 is 0. The van der Waals surface area contributed by atoms with Crippen molar-refractivity contribution in [2.75, 3.05) is 0 Å². The van der Waals surface area contributed by atoms with Crippen LogP contribution < -0.4 is 21.2 Å². The van der Waals surface area contributed by atoms with Gasteiger partial charge in [0, 0.05) is 0 Å². The third kappa shape index (κ3) is 6.07.